The summed E-state index contributed by atoms with van der Waals surface area (Å²) in [5, 5.41) is 4.00. The number of nitrogens with one attached hydrogen (secondary N) is 1. The van der Waals surface area contributed by atoms with E-state index in [1.54, 1.807) is 14.2 Å². The number of aryl methyl sites for hydroxylation is 1. The van der Waals surface area contributed by atoms with Gasteiger partial charge in [-0.3, -0.25) is 0 Å². The lowest BCUT2D eigenvalue weighted by Crippen LogP contribution is -2.39. The highest BCUT2D eigenvalue weighted by Crippen LogP contribution is 2.29. The molecule has 1 heterocycles. The molecule has 0 amide bonds. The summed E-state index contributed by atoms with van der Waals surface area (Å²) in [5.74, 6) is 1.43. The molecule has 5 nitrogen and oxygen atoms in total. The van der Waals surface area contributed by atoms with Crippen molar-refractivity contribution in [1.82, 2.24) is 4.90 Å². The molecule has 1 unspecified atom stereocenters. The molecule has 0 spiro atoms. The van der Waals surface area contributed by atoms with Gasteiger partial charge in [0, 0.05) is 25.8 Å². The Labute approximate surface area is 172 Å². The van der Waals surface area contributed by atoms with Crippen LogP contribution in [0.15, 0.2) is 42.5 Å². The first-order chi connectivity index (χ1) is 13.6. The second-order valence-corrected chi connectivity index (χ2v) is 7.33. The summed E-state index contributed by atoms with van der Waals surface area (Å²) in [4.78, 5) is 2.18. The van der Waals surface area contributed by atoms with E-state index >= 15 is 0 Å². The van der Waals surface area contributed by atoms with E-state index in [9.17, 15) is 0 Å². The van der Waals surface area contributed by atoms with Crippen molar-refractivity contribution in [3.63, 3.8) is 0 Å². The molecule has 1 fully saturated rings. The topological polar surface area (TPSA) is 43.0 Å². The van der Waals surface area contributed by atoms with E-state index in [-0.39, 0.29) is 6.10 Å². The van der Waals surface area contributed by atoms with Gasteiger partial charge in [-0.25, -0.2) is 0 Å². The quantitative estimate of drug-likeness (QED) is 0.696. The van der Waals surface area contributed by atoms with Crippen molar-refractivity contribution in [2.24, 2.45) is 0 Å². The van der Waals surface area contributed by atoms with Gasteiger partial charge < -0.3 is 24.4 Å². The van der Waals surface area contributed by atoms with E-state index in [1.165, 1.54) is 11.1 Å². The molecule has 150 valence electrons. The Morgan fingerprint density at radius 3 is 2.71 bits per heavy atom. The van der Waals surface area contributed by atoms with Crippen LogP contribution in [0.2, 0.25) is 0 Å². The lowest BCUT2D eigenvalue weighted by atomic mass is 10.1. The zero-order valence-corrected chi connectivity index (χ0v) is 17.6. The number of benzene rings is 2. The number of methoxy groups -OCH3 is 2. The summed E-state index contributed by atoms with van der Waals surface area (Å²) in [6, 6.07) is 14.0. The maximum Gasteiger partial charge on any atom is 0.173 e. The SMILES string of the molecule is COc1ccc(NC(=S)N(Cc2ccccc2C)CC2CCCO2)c(OC)c1. The van der Waals surface area contributed by atoms with Gasteiger partial charge in [-0.1, -0.05) is 24.3 Å². The van der Waals surface area contributed by atoms with Crippen LogP contribution in [-0.4, -0.2) is 43.5 Å². The lowest BCUT2D eigenvalue weighted by Gasteiger charge is -2.29. The highest BCUT2D eigenvalue weighted by molar-refractivity contribution is 7.80. The van der Waals surface area contributed by atoms with Gasteiger partial charge in [0.15, 0.2) is 5.11 Å². The van der Waals surface area contributed by atoms with Crippen molar-refractivity contribution in [3.8, 4) is 11.5 Å². The number of hydrogen-bond acceptors (Lipinski definition) is 4. The second-order valence-electron chi connectivity index (χ2n) is 6.94. The summed E-state index contributed by atoms with van der Waals surface area (Å²) in [5.41, 5.74) is 3.33. The molecule has 2 aromatic rings. The fourth-order valence-electron chi connectivity index (χ4n) is 3.34. The number of hydrogen-bond donors (Lipinski definition) is 1. The van der Waals surface area contributed by atoms with Gasteiger partial charge >= 0.3 is 0 Å². The molecule has 6 heteroatoms. The van der Waals surface area contributed by atoms with Crippen LogP contribution in [-0.2, 0) is 11.3 Å². The number of thiocarbonyl (C=S) groups is 1. The smallest absolute Gasteiger partial charge is 0.173 e. The van der Waals surface area contributed by atoms with E-state index in [2.05, 4.69) is 41.4 Å². The molecule has 3 rings (SSSR count). The molecule has 2 aromatic carbocycles. The Kier molecular flexibility index (Phi) is 7.12. The van der Waals surface area contributed by atoms with E-state index in [0.717, 1.165) is 44.0 Å². The molecule has 1 aliphatic heterocycles. The predicted molar refractivity (Wildman–Crippen MR) is 116 cm³/mol. The van der Waals surface area contributed by atoms with Gasteiger partial charge in [0.1, 0.15) is 11.5 Å². The highest BCUT2D eigenvalue weighted by atomic mass is 32.1. The Bertz CT molecular complexity index is 806. The molecule has 0 aliphatic carbocycles. The highest BCUT2D eigenvalue weighted by Gasteiger charge is 2.22. The van der Waals surface area contributed by atoms with Gasteiger partial charge in [0.05, 0.1) is 26.0 Å². The second kappa shape index (κ2) is 9.75. The molecule has 28 heavy (non-hydrogen) atoms. The van der Waals surface area contributed by atoms with Crippen LogP contribution in [0, 0.1) is 6.92 Å². The van der Waals surface area contributed by atoms with Crippen LogP contribution >= 0.6 is 12.2 Å². The molecule has 0 aromatic heterocycles. The van der Waals surface area contributed by atoms with Gasteiger partial charge in [-0.05, 0) is 55.2 Å². The third-order valence-corrected chi connectivity index (χ3v) is 5.37. The Balaban J connectivity index is 1.78. The minimum absolute atomic E-state index is 0.210. The first kappa shape index (κ1) is 20.4. The number of anilines is 1. The van der Waals surface area contributed by atoms with Crippen LogP contribution in [0.1, 0.15) is 24.0 Å². The molecule has 0 saturated carbocycles. The Morgan fingerprint density at radius 1 is 1.21 bits per heavy atom. The average Bonchev–Trinajstić information content (AvgIpc) is 3.22. The van der Waals surface area contributed by atoms with Crippen molar-refractivity contribution < 1.29 is 14.2 Å². The van der Waals surface area contributed by atoms with E-state index < -0.39 is 0 Å². The number of rotatable bonds is 7. The van der Waals surface area contributed by atoms with Crippen molar-refractivity contribution in [2.45, 2.75) is 32.4 Å². The molecule has 1 atom stereocenters. The van der Waals surface area contributed by atoms with E-state index in [4.69, 9.17) is 26.4 Å². The van der Waals surface area contributed by atoms with Crippen molar-refractivity contribution in [2.75, 3.05) is 32.7 Å². The molecule has 0 bridgehead atoms. The van der Waals surface area contributed by atoms with Crippen LogP contribution < -0.4 is 14.8 Å². The fraction of sp³-hybridized carbons (Fsp3) is 0.409. The first-order valence-corrected chi connectivity index (χ1v) is 9.95. The monoisotopic (exact) mass is 400 g/mol. The average molecular weight is 401 g/mol. The standard InChI is InChI=1S/C22H28N2O3S/c1-16-7-4-5-8-17(16)14-24(15-19-9-6-12-27-19)22(28)23-20-11-10-18(25-2)13-21(20)26-3/h4-5,7-8,10-11,13,19H,6,9,12,14-15H2,1-3H3,(H,23,28). The summed E-state index contributed by atoms with van der Waals surface area (Å²) in [6.45, 7) is 4.45. The maximum absolute atomic E-state index is 5.86. The van der Waals surface area contributed by atoms with Gasteiger partial charge in [-0.2, -0.15) is 0 Å². The third kappa shape index (κ3) is 5.14. The molecule has 1 aliphatic rings. The van der Waals surface area contributed by atoms with Gasteiger partial charge in [0.25, 0.3) is 0 Å². The molecule has 1 saturated heterocycles. The third-order valence-electron chi connectivity index (χ3n) is 5.01. The van der Waals surface area contributed by atoms with Crippen LogP contribution in [0.4, 0.5) is 5.69 Å². The predicted octanol–water partition coefficient (Wildman–Crippen LogP) is 4.39. The summed E-state index contributed by atoms with van der Waals surface area (Å²) in [7, 11) is 3.28. The van der Waals surface area contributed by atoms with Crippen molar-refractivity contribution in [3.05, 3.63) is 53.6 Å². The maximum atomic E-state index is 5.86. The van der Waals surface area contributed by atoms with Crippen LogP contribution in [0.25, 0.3) is 0 Å². The fourth-order valence-corrected chi connectivity index (χ4v) is 3.59. The van der Waals surface area contributed by atoms with Crippen molar-refractivity contribution >= 4 is 23.0 Å². The molecule has 1 N–H and O–H groups in total. The number of nitrogens with zero attached hydrogens (tertiary/aromatic N) is 1. The van der Waals surface area contributed by atoms with Crippen LogP contribution in [0.3, 0.4) is 0 Å². The summed E-state index contributed by atoms with van der Waals surface area (Å²) in [6.07, 6.45) is 2.38. The largest absolute Gasteiger partial charge is 0.497 e. The molecule has 0 radical (unpaired) electrons. The van der Waals surface area contributed by atoms with Crippen LogP contribution in [0.5, 0.6) is 11.5 Å². The van der Waals surface area contributed by atoms with Gasteiger partial charge in [0.2, 0.25) is 0 Å². The number of ether oxygens (including phenoxy) is 3. The summed E-state index contributed by atoms with van der Waals surface area (Å²) < 4.78 is 16.6. The van der Waals surface area contributed by atoms with Gasteiger partial charge in [-0.15, -0.1) is 0 Å². The molecular weight excluding hydrogens is 372 g/mol. The normalized spacial score (nSPS) is 15.9. The Hall–Kier alpha value is -2.31. The zero-order chi connectivity index (χ0) is 19.9. The minimum Gasteiger partial charge on any atom is -0.497 e. The van der Waals surface area contributed by atoms with Crippen molar-refractivity contribution in [1.29, 1.82) is 0 Å². The minimum atomic E-state index is 0.210. The van der Waals surface area contributed by atoms with E-state index in [1.807, 2.05) is 18.2 Å². The summed E-state index contributed by atoms with van der Waals surface area (Å²) >= 11 is 5.78. The zero-order valence-electron chi connectivity index (χ0n) is 16.7. The first-order valence-electron chi connectivity index (χ1n) is 9.54. The lowest BCUT2D eigenvalue weighted by molar-refractivity contribution is 0.0905. The molecular formula is C22H28N2O3S. The van der Waals surface area contributed by atoms with E-state index in [0.29, 0.717) is 10.9 Å². The Morgan fingerprint density at radius 2 is 2.04 bits per heavy atom.